The molecule has 0 saturated carbocycles. The molecule has 132 valence electrons. The smallest absolute Gasteiger partial charge is 0.132 e. The molecule has 0 unspecified atom stereocenters. The summed E-state index contributed by atoms with van der Waals surface area (Å²) in [4.78, 5) is 0. The van der Waals surface area contributed by atoms with Gasteiger partial charge < -0.3 is 0 Å². The summed E-state index contributed by atoms with van der Waals surface area (Å²) in [6.07, 6.45) is 15.6. The van der Waals surface area contributed by atoms with Crippen LogP contribution >= 0.6 is 0 Å². The molecule has 0 aromatic heterocycles. The summed E-state index contributed by atoms with van der Waals surface area (Å²) < 4.78 is 1.01. The highest BCUT2D eigenvalue weighted by atomic mass is 15.3. The van der Waals surface area contributed by atoms with Gasteiger partial charge in [-0.1, -0.05) is 82.4 Å². The van der Waals surface area contributed by atoms with E-state index >= 15 is 0 Å². The second-order valence-electron chi connectivity index (χ2n) is 7.78. The Bertz CT molecular complexity index is 391. The maximum absolute atomic E-state index is 2.33. The Kier molecular flexibility index (Phi) is 10.3. The Morgan fingerprint density at radius 3 is 1.57 bits per heavy atom. The maximum Gasteiger partial charge on any atom is 0.132 e. The van der Waals surface area contributed by atoms with E-state index in [1.807, 2.05) is 0 Å². The lowest BCUT2D eigenvalue weighted by Crippen LogP contribution is -2.41. The standard InChI is InChI=1S/C22H40N/c1-5-6-7-8-9-10-11-12-13-14-15-20-23(3,4)22-18-16-21(2)17-19-22/h16-19H,5-15,20H2,1-4H3/q+1. The zero-order valence-electron chi connectivity index (χ0n) is 16.2. The molecule has 0 bridgehead atoms. The molecular formula is C22H40N+. The molecule has 1 aromatic carbocycles. The van der Waals surface area contributed by atoms with E-state index in [9.17, 15) is 0 Å². The van der Waals surface area contributed by atoms with Crippen LogP contribution in [0.2, 0.25) is 0 Å². The molecule has 1 aromatic rings. The summed E-state index contributed by atoms with van der Waals surface area (Å²) in [6.45, 7) is 5.70. The van der Waals surface area contributed by atoms with Crippen LogP contribution in [-0.2, 0) is 0 Å². The van der Waals surface area contributed by atoms with Crippen LogP contribution in [0.5, 0.6) is 0 Å². The van der Waals surface area contributed by atoms with Crippen molar-refractivity contribution in [3.8, 4) is 0 Å². The van der Waals surface area contributed by atoms with Crippen molar-refractivity contribution in [2.75, 3.05) is 20.6 Å². The molecule has 1 rings (SSSR count). The molecule has 0 N–H and O–H groups in total. The van der Waals surface area contributed by atoms with Gasteiger partial charge in [-0.3, -0.25) is 4.48 Å². The molecule has 0 aliphatic rings. The van der Waals surface area contributed by atoms with Gasteiger partial charge in [0.2, 0.25) is 0 Å². The second-order valence-corrected chi connectivity index (χ2v) is 7.78. The van der Waals surface area contributed by atoms with E-state index in [4.69, 9.17) is 0 Å². The average molecular weight is 319 g/mol. The van der Waals surface area contributed by atoms with E-state index in [1.165, 1.54) is 88.4 Å². The third kappa shape index (κ3) is 9.15. The number of rotatable bonds is 13. The summed E-state index contributed by atoms with van der Waals surface area (Å²) >= 11 is 0. The van der Waals surface area contributed by atoms with Crippen LogP contribution in [0, 0.1) is 6.92 Å². The van der Waals surface area contributed by atoms with Gasteiger partial charge in [0.15, 0.2) is 0 Å². The van der Waals surface area contributed by atoms with Crippen molar-refractivity contribution < 1.29 is 0 Å². The van der Waals surface area contributed by atoms with Crippen LogP contribution in [0.25, 0.3) is 0 Å². The van der Waals surface area contributed by atoms with Gasteiger partial charge in [-0.2, -0.15) is 0 Å². The molecule has 0 amide bonds. The van der Waals surface area contributed by atoms with Crippen LogP contribution in [0.1, 0.15) is 83.1 Å². The van der Waals surface area contributed by atoms with Gasteiger partial charge >= 0.3 is 0 Å². The predicted molar refractivity (Wildman–Crippen MR) is 106 cm³/mol. The zero-order valence-corrected chi connectivity index (χ0v) is 16.2. The molecule has 23 heavy (non-hydrogen) atoms. The summed E-state index contributed by atoms with van der Waals surface area (Å²) in [5, 5.41) is 0. The second kappa shape index (κ2) is 11.7. The Balaban J connectivity index is 2.02. The molecule has 0 atom stereocenters. The molecule has 0 heterocycles. The van der Waals surface area contributed by atoms with Crippen LogP contribution in [0.3, 0.4) is 0 Å². The molecule has 0 radical (unpaired) electrons. The first-order valence-corrected chi connectivity index (χ1v) is 9.96. The van der Waals surface area contributed by atoms with Gasteiger partial charge in [0.1, 0.15) is 5.69 Å². The fourth-order valence-electron chi connectivity index (χ4n) is 3.25. The predicted octanol–water partition coefficient (Wildman–Crippen LogP) is 6.87. The first-order valence-electron chi connectivity index (χ1n) is 9.96. The largest absolute Gasteiger partial charge is 0.296 e. The van der Waals surface area contributed by atoms with E-state index in [0.717, 1.165) is 4.48 Å². The number of quaternary nitrogens is 1. The highest BCUT2D eigenvalue weighted by molar-refractivity contribution is 5.42. The van der Waals surface area contributed by atoms with Crippen molar-refractivity contribution in [2.24, 2.45) is 0 Å². The Labute approximate surface area is 145 Å². The molecular weight excluding hydrogens is 278 g/mol. The molecule has 0 saturated heterocycles. The minimum Gasteiger partial charge on any atom is -0.296 e. The van der Waals surface area contributed by atoms with E-state index in [-0.39, 0.29) is 0 Å². The molecule has 0 aliphatic carbocycles. The fourth-order valence-corrected chi connectivity index (χ4v) is 3.25. The van der Waals surface area contributed by atoms with E-state index in [1.54, 1.807) is 0 Å². The van der Waals surface area contributed by atoms with Crippen molar-refractivity contribution in [2.45, 2.75) is 84.5 Å². The highest BCUT2D eigenvalue weighted by Crippen LogP contribution is 2.20. The Morgan fingerprint density at radius 1 is 0.652 bits per heavy atom. The zero-order chi connectivity index (χ0) is 17.0. The lowest BCUT2D eigenvalue weighted by molar-refractivity contribution is 0.380. The maximum atomic E-state index is 2.33. The van der Waals surface area contributed by atoms with Gasteiger partial charge in [-0.15, -0.1) is 0 Å². The van der Waals surface area contributed by atoms with Crippen LogP contribution < -0.4 is 4.48 Å². The van der Waals surface area contributed by atoms with Crippen molar-refractivity contribution in [3.05, 3.63) is 29.8 Å². The Morgan fingerprint density at radius 2 is 1.09 bits per heavy atom. The SMILES string of the molecule is CCCCCCCCCCCCC[N+](C)(C)c1ccc(C)cc1. The van der Waals surface area contributed by atoms with Gasteiger partial charge in [-0.25, -0.2) is 0 Å². The Hall–Kier alpha value is -0.820. The fraction of sp³-hybridized carbons (Fsp3) is 0.727. The molecule has 0 fully saturated rings. The summed E-state index contributed by atoms with van der Waals surface area (Å²) in [7, 11) is 4.67. The van der Waals surface area contributed by atoms with Gasteiger partial charge in [0.25, 0.3) is 0 Å². The van der Waals surface area contributed by atoms with Crippen molar-refractivity contribution >= 4 is 5.69 Å². The topological polar surface area (TPSA) is 0 Å². The monoisotopic (exact) mass is 318 g/mol. The minimum atomic E-state index is 1.01. The van der Waals surface area contributed by atoms with Gasteiger partial charge in [0, 0.05) is 0 Å². The number of aryl methyl sites for hydroxylation is 1. The summed E-state index contributed by atoms with van der Waals surface area (Å²) in [6, 6.07) is 9.04. The molecule has 1 heteroatoms. The molecule has 0 aliphatic heterocycles. The number of unbranched alkanes of at least 4 members (excludes halogenated alkanes) is 10. The number of benzene rings is 1. The van der Waals surface area contributed by atoms with E-state index in [0.29, 0.717) is 0 Å². The molecule has 0 spiro atoms. The van der Waals surface area contributed by atoms with Gasteiger partial charge in [-0.05, 0) is 31.9 Å². The van der Waals surface area contributed by atoms with E-state index in [2.05, 4.69) is 52.2 Å². The lowest BCUT2D eigenvalue weighted by atomic mass is 10.1. The van der Waals surface area contributed by atoms with Crippen molar-refractivity contribution in [1.82, 2.24) is 4.48 Å². The normalized spacial score (nSPS) is 11.8. The first kappa shape index (κ1) is 20.2. The van der Waals surface area contributed by atoms with Crippen molar-refractivity contribution in [1.29, 1.82) is 0 Å². The highest BCUT2D eigenvalue weighted by Gasteiger charge is 2.17. The first-order chi connectivity index (χ1) is 11.1. The van der Waals surface area contributed by atoms with Crippen LogP contribution in [0.15, 0.2) is 24.3 Å². The van der Waals surface area contributed by atoms with Crippen LogP contribution in [0.4, 0.5) is 5.69 Å². The van der Waals surface area contributed by atoms with Crippen LogP contribution in [-0.4, -0.2) is 20.6 Å². The van der Waals surface area contributed by atoms with E-state index < -0.39 is 0 Å². The third-order valence-corrected chi connectivity index (χ3v) is 5.05. The number of hydrogen-bond donors (Lipinski definition) is 0. The van der Waals surface area contributed by atoms with Gasteiger partial charge in [0.05, 0.1) is 20.6 Å². The van der Waals surface area contributed by atoms with Crippen molar-refractivity contribution in [3.63, 3.8) is 0 Å². The molecule has 1 nitrogen and oxygen atoms in total. The number of nitrogens with zero attached hydrogens (tertiary/aromatic N) is 1. The quantitative estimate of drug-likeness (QED) is 0.275. The minimum absolute atomic E-state index is 1.01. The third-order valence-electron chi connectivity index (χ3n) is 5.05. The summed E-state index contributed by atoms with van der Waals surface area (Å²) in [5.74, 6) is 0. The average Bonchev–Trinajstić information content (AvgIpc) is 2.53. The number of hydrogen-bond acceptors (Lipinski definition) is 0. The lowest BCUT2D eigenvalue weighted by Gasteiger charge is -2.29. The summed E-state index contributed by atoms with van der Waals surface area (Å²) in [5.41, 5.74) is 2.78.